The van der Waals surface area contributed by atoms with E-state index in [-0.39, 0.29) is 11.9 Å². The monoisotopic (exact) mass is 455 g/mol. The number of nitrogens with zero attached hydrogens (tertiary/aromatic N) is 1. The molecule has 1 aliphatic heterocycles. The fourth-order valence-corrected chi connectivity index (χ4v) is 4.51. The Hall–Kier alpha value is -2.46. The van der Waals surface area contributed by atoms with Crippen LogP contribution in [-0.2, 0) is 24.1 Å². The van der Waals surface area contributed by atoms with Crippen LogP contribution in [0.1, 0.15) is 50.9 Å². The second-order valence-corrected chi connectivity index (χ2v) is 8.81. The molecule has 1 aromatic carbocycles. The van der Waals surface area contributed by atoms with Crippen molar-refractivity contribution in [1.29, 1.82) is 0 Å². The van der Waals surface area contributed by atoms with Gasteiger partial charge in [-0.2, -0.15) is 13.2 Å². The number of carbonyl (C=O) groups excluding carboxylic acids is 1. The van der Waals surface area contributed by atoms with Crippen molar-refractivity contribution >= 4 is 23.2 Å². The molecule has 1 amide bonds. The topological polar surface area (TPSA) is 91.3 Å². The summed E-state index contributed by atoms with van der Waals surface area (Å²) in [5.74, 6) is -2.03. The van der Waals surface area contributed by atoms with E-state index in [4.69, 9.17) is 14.9 Å². The third-order valence-electron chi connectivity index (χ3n) is 5.18. The molecule has 0 radical (unpaired) electrons. The number of carboxylic acids is 1. The summed E-state index contributed by atoms with van der Waals surface area (Å²) in [5, 5.41) is 14.5. The third kappa shape index (κ3) is 6.27. The maximum Gasteiger partial charge on any atom is 0.490 e. The average molecular weight is 456 g/mol. The minimum Gasteiger partial charge on any atom is -0.475 e. The summed E-state index contributed by atoms with van der Waals surface area (Å²) in [5.41, 5.74) is 3.27. The minimum atomic E-state index is -5.08. The molecule has 0 bridgehead atoms. The zero-order valence-electron chi connectivity index (χ0n) is 17.0. The van der Waals surface area contributed by atoms with Crippen molar-refractivity contribution in [2.45, 2.75) is 44.8 Å². The van der Waals surface area contributed by atoms with Gasteiger partial charge in [0.05, 0.1) is 11.7 Å². The number of benzene rings is 1. The van der Waals surface area contributed by atoms with Crippen LogP contribution in [-0.4, -0.2) is 41.2 Å². The first-order valence-electron chi connectivity index (χ1n) is 10.0. The summed E-state index contributed by atoms with van der Waals surface area (Å²) in [6.45, 7) is 4.24. The first kappa shape index (κ1) is 23.2. The maximum absolute atomic E-state index is 12.5. The Morgan fingerprint density at radius 2 is 1.90 bits per heavy atom. The number of alkyl halides is 3. The molecule has 6 nitrogen and oxygen atoms in total. The highest BCUT2D eigenvalue weighted by molar-refractivity contribution is 7.11. The molecule has 0 spiro atoms. The first-order chi connectivity index (χ1) is 14.6. The average Bonchev–Trinajstić information content (AvgIpc) is 3.27. The highest BCUT2D eigenvalue weighted by Gasteiger charge is 2.38. The van der Waals surface area contributed by atoms with Gasteiger partial charge in [-0.1, -0.05) is 12.1 Å². The number of carbonyl (C=O) groups is 2. The van der Waals surface area contributed by atoms with Crippen LogP contribution in [0.5, 0.6) is 0 Å². The standard InChI is InChI=1S/C19H23N3OS.C2HF3O2/c1-12(19-22-16-3-2-4-17(16)24-19)21-18(23)15-7-5-13(6-8-15)9-14-10-20-11-14;3-2(4,5)1(6)7/h5-8,12,14,20H,2-4,9-11H2,1H3,(H,21,23);(H,6,7). The SMILES string of the molecule is CC(NC(=O)c1ccc(CC2CNC2)cc1)c1nc2c(s1)CCC2.O=C(O)C(F)(F)F. The molecule has 168 valence electrons. The Morgan fingerprint density at radius 3 is 2.42 bits per heavy atom. The van der Waals surface area contributed by atoms with Crippen molar-refractivity contribution < 1.29 is 27.9 Å². The van der Waals surface area contributed by atoms with Crippen molar-refractivity contribution in [2.75, 3.05) is 13.1 Å². The third-order valence-corrected chi connectivity index (χ3v) is 6.52. The second-order valence-electron chi connectivity index (χ2n) is 7.70. The summed E-state index contributed by atoms with van der Waals surface area (Å²) in [6, 6.07) is 8.00. The Kier molecular flexibility index (Phi) is 7.32. The number of aryl methyl sites for hydroxylation is 2. The van der Waals surface area contributed by atoms with E-state index < -0.39 is 12.1 Å². The lowest BCUT2D eigenvalue weighted by molar-refractivity contribution is -0.192. The van der Waals surface area contributed by atoms with Crippen molar-refractivity contribution in [3.8, 4) is 0 Å². The van der Waals surface area contributed by atoms with Crippen molar-refractivity contribution in [1.82, 2.24) is 15.6 Å². The molecule has 10 heteroatoms. The van der Waals surface area contributed by atoms with Crippen LogP contribution >= 0.6 is 11.3 Å². The Morgan fingerprint density at radius 1 is 1.26 bits per heavy atom. The second kappa shape index (κ2) is 9.78. The van der Waals surface area contributed by atoms with E-state index in [9.17, 15) is 18.0 Å². The molecule has 3 N–H and O–H groups in total. The Labute approximate surface area is 181 Å². The largest absolute Gasteiger partial charge is 0.490 e. The zero-order chi connectivity index (χ0) is 22.6. The summed E-state index contributed by atoms with van der Waals surface area (Å²) < 4.78 is 31.7. The molecule has 1 aliphatic carbocycles. The molecule has 1 saturated heterocycles. The highest BCUT2D eigenvalue weighted by Crippen LogP contribution is 2.30. The van der Waals surface area contributed by atoms with E-state index in [2.05, 4.69) is 22.8 Å². The van der Waals surface area contributed by atoms with Crippen LogP contribution in [0.15, 0.2) is 24.3 Å². The van der Waals surface area contributed by atoms with Gasteiger partial charge >= 0.3 is 12.1 Å². The normalized spacial score (nSPS) is 16.5. The van der Waals surface area contributed by atoms with Gasteiger partial charge in [0.1, 0.15) is 5.01 Å². The van der Waals surface area contributed by atoms with Gasteiger partial charge in [0.2, 0.25) is 0 Å². The van der Waals surface area contributed by atoms with E-state index in [1.165, 1.54) is 22.6 Å². The number of hydrogen-bond acceptors (Lipinski definition) is 5. The summed E-state index contributed by atoms with van der Waals surface area (Å²) in [6.07, 6.45) is -0.537. The summed E-state index contributed by atoms with van der Waals surface area (Å²) in [4.78, 5) is 27.5. The van der Waals surface area contributed by atoms with E-state index in [0.717, 1.165) is 48.8 Å². The number of halogens is 3. The molecule has 31 heavy (non-hydrogen) atoms. The molecule has 1 unspecified atom stereocenters. The number of fused-ring (bicyclic) bond motifs is 1. The maximum atomic E-state index is 12.5. The number of aliphatic carboxylic acids is 1. The van der Waals surface area contributed by atoms with Crippen LogP contribution in [0.25, 0.3) is 0 Å². The van der Waals surface area contributed by atoms with E-state index in [1.807, 2.05) is 19.1 Å². The Bertz CT molecular complexity index is 903. The molecular weight excluding hydrogens is 431 g/mol. The van der Waals surface area contributed by atoms with Gasteiger partial charge in [0.15, 0.2) is 0 Å². The van der Waals surface area contributed by atoms with Crippen LogP contribution in [0, 0.1) is 5.92 Å². The lowest BCUT2D eigenvalue weighted by Crippen LogP contribution is -2.43. The molecule has 0 saturated carbocycles. The number of rotatable bonds is 5. The highest BCUT2D eigenvalue weighted by atomic mass is 32.1. The number of carboxylic acid groups (broad SMARTS) is 1. The molecular formula is C21H24F3N3O3S. The van der Waals surface area contributed by atoms with Crippen molar-refractivity contribution in [2.24, 2.45) is 5.92 Å². The van der Waals surface area contributed by atoms with Gasteiger partial charge in [-0.15, -0.1) is 11.3 Å². The van der Waals surface area contributed by atoms with Crippen LogP contribution < -0.4 is 10.6 Å². The van der Waals surface area contributed by atoms with Gasteiger partial charge in [-0.05, 0) is 69.3 Å². The lowest BCUT2D eigenvalue weighted by atomic mass is 9.94. The van der Waals surface area contributed by atoms with E-state index >= 15 is 0 Å². The number of aromatic nitrogens is 1. The van der Waals surface area contributed by atoms with Gasteiger partial charge in [-0.25, -0.2) is 9.78 Å². The fourth-order valence-electron chi connectivity index (χ4n) is 3.36. The molecule has 2 heterocycles. The number of nitrogens with one attached hydrogen (secondary N) is 2. The number of amides is 1. The molecule has 1 atom stereocenters. The smallest absolute Gasteiger partial charge is 0.475 e. The van der Waals surface area contributed by atoms with E-state index in [0.29, 0.717) is 0 Å². The zero-order valence-corrected chi connectivity index (χ0v) is 17.8. The predicted octanol–water partition coefficient (Wildman–Crippen LogP) is 3.52. The molecule has 1 aromatic heterocycles. The number of thiazole rings is 1. The van der Waals surface area contributed by atoms with Crippen LogP contribution in [0.4, 0.5) is 13.2 Å². The molecule has 4 rings (SSSR count). The van der Waals surface area contributed by atoms with Gasteiger partial charge < -0.3 is 15.7 Å². The summed E-state index contributed by atoms with van der Waals surface area (Å²) in [7, 11) is 0. The first-order valence-corrected chi connectivity index (χ1v) is 10.8. The van der Waals surface area contributed by atoms with Gasteiger partial charge in [0, 0.05) is 10.4 Å². The Balaban J connectivity index is 0.000000339. The van der Waals surface area contributed by atoms with Crippen molar-refractivity contribution in [3.05, 3.63) is 51.0 Å². The van der Waals surface area contributed by atoms with Crippen molar-refractivity contribution in [3.63, 3.8) is 0 Å². The van der Waals surface area contributed by atoms with Gasteiger partial charge in [-0.3, -0.25) is 4.79 Å². The van der Waals surface area contributed by atoms with Crippen LogP contribution in [0.2, 0.25) is 0 Å². The molecule has 1 fully saturated rings. The predicted molar refractivity (Wildman–Crippen MR) is 110 cm³/mol. The van der Waals surface area contributed by atoms with Gasteiger partial charge in [0.25, 0.3) is 5.91 Å². The molecule has 2 aromatic rings. The lowest BCUT2D eigenvalue weighted by Gasteiger charge is -2.27. The summed E-state index contributed by atoms with van der Waals surface area (Å²) >= 11 is 1.75. The quantitative estimate of drug-likeness (QED) is 0.642. The fraction of sp³-hybridized carbons (Fsp3) is 0.476. The van der Waals surface area contributed by atoms with Crippen LogP contribution in [0.3, 0.4) is 0 Å². The van der Waals surface area contributed by atoms with E-state index in [1.54, 1.807) is 11.3 Å². The minimum absolute atomic E-state index is 0.0188. The number of hydrogen-bond donors (Lipinski definition) is 3. The molecule has 2 aliphatic rings.